The van der Waals surface area contributed by atoms with Crippen LogP contribution in [0.2, 0.25) is 10.0 Å². The highest BCUT2D eigenvalue weighted by Gasteiger charge is 2.24. The van der Waals surface area contributed by atoms with Gasteiger partial charge in [0.1, 0.15) is 6.10 Å². The van der Waals surface area contributed by atoms with E-state index in [4.69, 9.17) is 27.9 Å². The number of carbonyl (C=O) groups excluding carboxylic acids is 1. The molecule has 0 aromatic heterocycles. The molecule has 0 aliphatic heterocycles. The predicted molar refractivity (Wildman–Crippen MR) is 83.2 cm³/mol. The fourth-order valence-electron chi connectivity index (χ4n) is 1.87. The lowest BCUT2D eigenvalue weighted by molar-refractivity contribution is -0.124. The molecule has 110 valence electrons. The third-order valence-corrected chi connectivity index (χ3v) is 3.68. The van der Waals surface area contributed by atoms with Crippen LogP contribution in [-0.2, 0) is 9.53 Å². The van der Waals surface area contributed by atoms with Gasteiger partial charge in [-0.05, 0) is 19.1 Å². The van der Waals surface area contributed by atoms with Gasteiger partial charge in [-0.25, -0.2) is 0 Å². The maximum atomic E-state index is 11.9. The number of methoxy groups -OCH3 is 1. The topological polar surface area (TPSA) is 38.3 Å². The number of nitrogens with one attached hydrogen (secondary N) is 1. The fourth-order valence-corrected chi connectivity index (χ4v) is 2.39. The Bertz CT molecular complexity index is 491. The maximum Gasteiger partial charge on any atom is 0.226 e. The van der Waals surface area contributed by atoms with Crippen LogP contribution in [0.25, 0.3) is 0 Å². The van der Waals surface area contributed by atoms with Crippen molar-refractivity contribution < 1.29 is 9.53 Å². The number of carbonyl (C=O) groups is 1. The van der Waals surface area contributed by atoms with Crippen molar-refractivity contribution in [3.63, 3.8) is 0 Å². The smallest absolute Gasteiger partial charge is 0.226 e. The Balaban J connectivity index is 2.89. The van der Waals surface area contributed by atoms with Crippen LogP contribution in [0.3, 0.4) is 0 Å². The van der Waals surface area contributed by atoms with Crippen molar-refractivity contribution in [2.24, 2.45) is 5.92 Å². The zero-order chi connectivity index (χ0) is 15.3. The molecule has 1 amide bonds. The molecule has 3 unspecified atom stereocenters. The number of halogens is 2. The zero-order valence-electron chi connectivity index (χ0n) is 11.8. The summed E-state index contributed by atoms with van der Waals surface area (Å²) in [7, 11) is 1.58. The first-order valence-corrected chi connectivity index (χ1v) is 7.07. The van der Waals surface area contributed by atoms with Crippen LogP contribution >= 0.6 is 23.2 Å². The van der Waals surface area contributed by atoms with Crippen molar-refractivity contribution in [3.05, 3.63) is 46.5 Å². The maximum absolute atomic E-state index is 11.9. The standard InChI is InChI=1S/C15H19Cl2NO2/c1-5-9(2)15(19)18-10(3)14(20-4)12-7-6-11(16)8-13(12)17/h5-10,14H,1H2,2-4H3,(H,18,19). The van der Waals surface area contributed by atoms with E-state index < -0.39 is 0 Å². The van der Waals surface area contributed by atoms with Crippen LogP contribution in [0.1, 0.15) is 25.5 Å². The second-order valence-electron chi connectivity index (χ2n) is 4.64. The van der Waals surface area contributed by atoms with Crippen molar-refractivity contribution in [1.29, 1.82) is 0 Å². The Labute approximate surface area is 129 Å². The average Bonchev–Trinajstić information content (AvgIpc) is 2.40. The highest BCUT2D eigenvalue weighted by molar-refractivity contribution is 6.35. The van der Waals surface area contributed by atoms with Gasteiger partial charge in [0.15, 0.2) is 0 Å². The Hall–Kier alpha value is -1.03. The lowest BCUT2D eigenvalue weighted by Crippen LogP contribution is -2.40. The van der Waals surface area contributed by atoms with Crippen LogP contribution in [0.15, 0.2) is 30.9 Å². The molecule has 3 atom stereocenters. The minimum Gasteiger partial charge on any atom is -0.375 e. The van der Waals surface area contributed by atoms with Crippen molar-refractivity contribution in [3.8, 4) is 0 Å². The predicted octanol–water partition coefficient (Wildman–Crippen LogP) is 4.01. The number of rotatable bonds is 6. The molecule has 0 saturated heterocycles. The molecular formula is C15H19Cl2NO2. The number of benzene rings is 1. The molecule has 0 aliphatic carbocycles. The van der Waals surface area contributed by atoms with Gasteiger partial charge in [-0.15, -0.1) is 6.58 Å². The van der Waals surface area contributed by atoms with Gasteiger partial charge in [0.2, 0.25) is 5.91 Å². The van der Waals surface area contributed by atoms with E-state index >= 15 is 0 Å². The Morgan fingerprint density at radius 1 is 1.40 bits per heavy atom. The van der Waals surface area contributed by atoms with E-state index in [2.05, 4.69) is 11.9 Å². The lowest BCUT2D eigenvalue weighted by Gasteiger charge is -2.25. The van der Waals surface area contributed by atoms with Crippen molar-refractivity contribution in [1.82, 2.24) is 5.32 Å². The highest BCUT2D eigenvalue weighted by Crippen LogP contribution is 2.30. The summed E-state index contributed by atoms with van der Waals surface area (Å²) in [5.74, 6) is -0.352. The summed E-state index contributed by atoms with van der Waals surface area (Å²) in [4.78, 5) is 11.9. The van der Waals surface area contributed by atoms with Gasteiger partial charge in [-0.3, -0.25) is 4.79 Å². The number of amides is 1. The molecule has 1 N–H and O–H groups in total. The van der Waals surface area contributed by atoms with Crippen LogP contribution < -0.4 is 5.32 Å². The van der Waals surface area contributed by atoms with E-state index in [-0.39, 0.29) is 24.0 Å². The first-order valence-electron chi connectivity index (χ1n) is 6.31. The van der Waals surface area contributed by atoms with Crippen LogP contribution in [0, 0.1) is 5.92 Å². The van der Waals surface area contributed by atoms with E-state index in [0.29, 0.717) is 10.0 Å². The molecule has 1 aromatic rings. The first kappa shape index (κ1) is 17.0. The van der Waals surface area contributed by atoms with Gasteiger partial charge in [0.05, 0.1) is 12.0 Å². The van der Waals surface area contributed by atoms with Gasteiger partial charge in [0.25, 0.3) is 0 Å². The Morgan fingerprint density at radius 3 is 2.55 bits per heavy atom. The van der Waals surface area contributed by atoms with Crippen molar-refractivity contribution >= 4 is 29.1 Å². The van der Waals surface area contributed by atoms with E-state index in [1.165, 1.54) is 0 Å². The average molecular weight is 316 g/mol. The van der Waals surface area contributed by atoms with Crippen molar-refractivity contribution in [2.75, 3.05) is 7.11 Å². The van der Waals surface area contributed by atoms with Gasteiger partial charge in [0, 0.05) is 22.7 Å². The minimum atomic E-state index is -0.347. The number of hydrogen-bond acceptors (Lipinski definition) is 2. The van der Waals surface area contributed by atoms with Crippen LogP contribution in [-0.4, -0.2) is 19.1 Å². The highest BCUT2D eigenvalue weighted by atomic mass is 35.5. The molecule has 3 nitrogen and oxygen atoms in total. The first-order chi connectivity index (χ1) is 9.40. The molecular weight excluding hydrogens is 297 g/mol. The van der Waals surface area contributed by atoms with E-state index in [1.54, 1.807) is 38.3 Å². The minimum absolute atomic E-state index is 0.0976. The van der Waals surface area contributed by atoms with Gasteiger partial charge in [-0.2, -0.15) is 0 Å². The molecule has 1 aromatic carbocycles. The van der Waals surface area contributed by atoms with E-state index in [0.717, 1.165) is 5.56 Å². The molecule has 20 heavy (non-hydrogen) atoms. The zero-order valence-corrected chi connectivity index (χ0v) is 13.3. The second-order valence-corrected chi connectivity index (χ2v) is 5.49. The molecule has 5 heteroatoms. The molecule has 0 saturated carbocycles. The van der Waals surface area contributed by atoms with Crippen molar-refractivity contribution in [2.45, 2.75) is 26.0 Å². The second kappa shape index (κ2) is 7.67. The largest absolute Gasteiger partial charge is 0.375 e. The summed E-state index contributed by atoms with van der Waals surface area (Å²) in [6.07, 6.45) is 1.25. The molecule has 1 rings (SSSR count). The SMILES string of the molecule is C=CC(C)C(=O)NC(C)C(OC)c1ccc(Cl)cc1Cl. The Kier molecular flexibility index (Phi) is 6.53. The molecule has 0 fully saturated rings. The Morgan fingerprint density at radius 2 is 2.05 bits per heavy atom. The summed E-state index contributed by atoms with van der Waals surface area (Å²) in [5, 5.41) is 3.97. The fraction of sp³-hybridized carbons (Fsp3) is 0.400. The summed E-state index contributed by atoms with van der Waals surface area (Å²) < 4.78 is 5.47. The summed E-state index contributed by atoms with van der Waals surface area (Å²) in [5.41, 5.74) is 0.789. The lowest BCUT2D eigenvalue weighted by atomic mass is 10.0. The summed E-state index contributed by atoms with van der Waals surface area (Å²) in [6.45, 7) is 7.26. The van der Waals surface area contributed by atoms with Gasteiger partial charge in [-0.1, -0.05) is 42.3 Å². The normalized spacial score (nSPS) is 15.2. The molecule has 0 aliphatic rings. The number of ether oxygens (including phenoxy) is 1. The quantitative estimate of drug-likeness (QED) is 0.805. The molecule has 0 spiro atoms. The molecule has 0 radical (unpaired) electrons. The summed E-state index contributed by atoms with van der Waals surface area (Å²) >= 11 is 12.1. The number of hydrogen-bond donors (Lipinski definition) is 1. The molecule has 0 bridgehead atoms. The van der Waals surface area contributed by atoms with Gasteiger partial charge >= 0.3 is 0 Å². The van der Waals surface area contributed by atoms with Crippen LogP contribution in [0.4, 0.5) is 0 Å². The summed E-state index contributed by atoms with van der Waals surface area (Å²) in [6, 6.07) is 4.98. The van der Waals surface area contributed by atoms with Gasteiger partial charge < -0.3 is 10.1 Å². The monoisotopic (exact) mass is 315 g/mol. The van der Waals surface area contributed by atoms with E-state index in [9.17, 15) is 4.79 Å². The molecule has 0 heterocycles. The van der Waals surface area contributed by atoms with Crippen LogP contribution in [0.5, 0.6) is 0 Å². The third-order valence-electron chi connectivity index (χ3n) is 3.11. The third kappa shape index (κ3) is 4.23. The van der Waals surface area contributed by atoms with E-state index in [1.807, 2.05) is 6.92 Å².